The number of ether oxygens (including phenoxy) is 1. The van der Waals surface area contributed by atoms with Crippen molar-refractivity contribution in [1.82, 2.24) is 4.90 Å². The van der Waals surface area contributed by atoms with Crippen molar-refractivity contribution in [3.05, 3.63) is 35.8 Å². The molecular formula is C15H15NO5. The van der Waals surface area contributed by atoms with Crippen LogP contribution in [0.2, 0.25) is 0 Å². The van der Waals surface area contributed by atoms with Crippen molar-refractivity contribution in [2.75, 3.05) is 7.11 Å². The molecule has 110 valence electrons. The van der Waals surface area contributed by atoms with E-state index in [1.807, 2.05) is 12.2 Å². The van der Waals surface area contributed by atoms with E-state index in [9.17, 15) is 14.4 Å². The minimum Gasteiger partial charge on any atom is -0.467 e. The van der Waals surface area contributed by atoms with Crippen LogP contribution in [0.25, 0.3) is 0 Å². The lowest BCUT2D eigenvalue weighted by Crippen LogP contribution is -2.31. The summed E-state index contributed by atoms with van der Waals surface area (Å²) in [5, 5.41) is 0. The number of rotatable bonds is 3. The molecule has 6 nitrogen and oxygen atoms in total. The largest absolute Gasteiger partial charge is 0.467 e. The minimum absolute atomic E-state index is 0.0257. The number of nitrogens with zero attached hydrogens (tertiary/aromatic N) is 1. The Balaban J connectivity index is 1.83. The first kappa shape index (κ1) is 13.6. The fourth-order valence-electron chi connectivity index (χ4n) is 2.92. The molecule has 3 rings (SSSR count). The highest BCUT2D eigenvalue weighted by Crippen LogP contribution is 2.36. The number of hydrogen-bond donors (Lipinski definition) is 0. The SMILES string of the molecule is COC(=O)c1ccoc1CN1C(=O)[C@@H]2CC=CC[C@H]2C1=O. The second kappa shape index (κ2) is 5.20. The van der Waals surface area contributed by atoms with Gasteiger partial charge in [-0.3, -0.25) is 14.5 Å². The van der Waals surface area contributed by atoms with Crippen LogP contribution in [-0.2, 0) is 20.9 Å². The standard InChI is InChI=1S/C15H15NO5/c1-20-15(19)11-6-7-21-12(11)8-16-13(17)9-4-2-3-5-10(9)14(16)18/h2-3,6-7,9-10H,4-5,8H2,1H3/t9-,10-/m1/s1. The molecule has 1 aromatic heterocycles. The van der Waals surface area contributed by atoms with Gasteiger partial charge in [-0.1, -0.05) is 12.2 Å². The summed E-state index contributed by atoms with van der Waals surface area (Å²) in [6.07, 6.45) is 6.40. The molecule has 1 aliphatic carbocycles. The average Bonchev–Trinajstić information content (AvgIpc) is 3.06. The summed E-state index contributed by atoms with van der Waals surface area (Å²) in [7, 11) is 1.27. The van der Waals surface area contributed by atoms with Crippen LogP contribution in [0.1, 0.15) is 29.0 Å². The lowest BCUT2D eigenvalue weighted by molar-refractivity contribution is -0.140. The Kier molecular flexibility index (Phi) is 3.37. The fourth-order valence-corrected chi connectivity index (χ4v) is 2.92. The molecular weight excluding hydrogens is 274 g/mol. The molecule has 0 N–H and O–H groups in total. The van der Waals surface area contributed by atoms with Crippen LogP contribution in [0.5, 0.6) is 0 Å². The number of carbonyl (C=O) groups is 3. The zero-order valence-corrected chi connectivity index (χ0v) is 11.6. The van der Waals surface area contributed by atoms with E-state index in [2.05, 4.69) is 4.74 Å². The molecule has 0 aromatic carbocycles. The number of likely N-dealkylation sites (tertiary alicyclic amines) is 1. The van der Waals surface area contributed by atoms with Crippen molar-refractivity contribution in [3.8, 4) is 0 Å². The number of allylic oxidation sites excluding steroid dienone is 2. The van der Waals surface area contributed by atoms with Crippen LogP contribution in [0.15, 0.2) is 28.9 Å². The van der Waals surface area contributed by atoms with Crippen molar-refractivity contribution in [2.24, 2.45) is 11.8 Å². The van der Waals surface area contributed by atoms with E-state index < -0.39 is 5.97 Å². The number of fused-ring (bicyclic) bond motifs is 1. The zero-order valence-electron chi connectivity index (χ0n) is 11.6. The van der Waals surface area contributed by atoms with Gasteiger partial charge in [0.2, 0.25) is 11.8 Å². The first-order valence-corrected chi connectivity index (χ1v) is 6.78. The third-order valence-corrected chi connectivity index (χ3v) is 4.05. The first-order valence-electron chi connectivity index (χ1n) is 6.78. The van der Waals surface area contributed by atoms with E-state index >= 15 is 0 Å². The summed E-state index contributed by atoms with van der Waals surface area (Å²) in [5.41, 5.74) is 0.242. The zero-order chi connectivity index (χ0) is 15.0. The van der Waals surface area contributed by atoms with Crippen LogP contribution in [0, 0.1) is 11.8 Å². The van der Waals surface area contributed by atoms with Gasteiger partial charge in [-0.05, 0) is 18.9 Å². The summed E-state index contributed by atoms with van der Waals surface area (Å²) in [4.78, 5) is 37.5. The summed E-state index contributed by atoms with van der Waals surface area (Å²) in [6.45, 7) is -0.0257. The molecule has 1 aromatic rings. The maximum absolute atomic E-state index is 12.3. The Labute approximate surface area is 121 Å². The van der Waals surface area contributed by atoms with Crippen molar-refractivity contribution in [3.63, 3.8) is 0 Å². The molecule has 1 saturated heterocycles. The monoisotopic (exact) mass is 289 g/mol. The smallest absolute Gasteiger partial charge is 0.341 e. The molecule has 1 aliphatic heterocycles. The molecule has 1 fully saturated rings. The van der Waals surface area contributed by atoms with E-state index in [0.29, 0.717) is 12.8 Å². The van der Waals surface area contributed by atoms with Crippen molar-refractivity contribution in [2.45, 2.75) is 19.4 Å². The molecule has 6 heteroatoms. The Morgan fingerprint density at radius 1 is 1.29 bits per heavy atom. The lowest BCUT2D eigenvalue weighted by Gasteiger charge is -2.14. The van der Waals surface area contributed by atoms with Gasteiger partial charge in [0, 0.05) is 0 Å². The molecule has 0 bridgehead atoms. The molecule has 0 spiro atoms. The Morgan fingerprint density at radius 3 is 2.48 bits per heavy atom. The predicted octanol–water partition coefficient (Wildman–Crippen LogP) is 1.52. The molecule has 2 aliphatic rings. The summed E-state index contributed by atoms with van der Waals surface area (Å²) >= 11 is 0. The van der Waals surface area contributed by atoms with Crippen molar-refractivity contribution in [1.29, 1.82) is 0 Å². The van der Waals surface area contributed by atoms with Crippen LogP contribution in [0.4, 0.5) is 0 Å². The van der Waals surface area contributed by atoms with E-state index in [0.717, 1.165) is 0 Å². The van der Waals surface area contributed by atoms with Gasteiger partial charge in [-0.25, -0.2) is 4.79 Å². The third-order valence-electron chi connectivity index (χ3n) is 4.05. The minimum atomic E-state index is -0.545. The van der Waals surface area contributed by atoms with Crippen LogP contribution in [0.3, 0.4) is 0 Å². The Hall–Kier alpha value is -2.37. The molecule has 0 saturated carbocycles. The van der Waals surface area contributed by atoms with E-state index in [-0.39, 0.29) is 41.5 Å². The average molecular weight is 289 g/mol. The van der Waals surface area contributed by atoms with Crippen LogP contribution >= 0.6 is 0 Å². The third kappa shape index (κ3) is 2.16. The number of amides is 2. The number of esters is 1. The first-order chi connectivity index (χ1) is 10.1. The number of hydrogen-bond acceptors (Lipinski definition) is 5. The maximum atomic E-state index is 12.3. The lowest BCUT2D eigenvalue weighted by atomic mass is 9.85. The van der Waals surface area contributed by atoms with Gasteiger partial charge in [0.1, 0.15) is 11.3 Å². The predicted molar refractivity (Wildman–Crippen MR) is 71.0 cm³/mol. The molecule has 0 radical (unpaired) electrons. The van der Waals surface area contributed by atoms with Crippen molar-refractivity contribution >= 4 is 17.8 Å². The molecule has 2 heterocycles. The number of furan rings is 1. The Morgan fingerprint density at radius 2 is 1.90 bits per heavy atom. The van der Waals surface area contributed by atoms with E-state index in [1.165, 1.54) is 24.3 Å². The highest BCUT2D eigenvalue weighted by molar-refractivity contribution is 6.05. The quantitative estimate of drug-likeness (QED) is 0.479. The van der Waals surface area contributed by atoms with Gasteiger partial charge in [0.15, 0.2) is 0 Å². The molecule has 0 unspecified atom stereocenters. The second-order valence-corrected chi connectivity index (χ2v) is 5.17. The van der Waals surface area contributed by atoms with Gasteiger partial charge < -0.3 is 9.15 Å². The maximum Gasteiger partial charge on any atom is 0.341 e. The van der Waals surface area contributed by atoms with Gasteiger partial charge in [0.05, 0.1) is 31.8 Å². The van der Waals surface area contributed by atoms with E-state index in [1.54, 1.807) is 0 Å². The number of imide groups is 1. The second-order valence-electron chi connectivity index (χ2n) is 5.17. The van der Waals surface area contributed by atoms with Crippen LogP contribution < -0.4 is 0 Å². The molecule has 2 atom stereocenters. The normalized spacial score (nSPS) is 24.3. The highest BCUT2D eigenvalue weighted by atomic mass is 16.5. The van der Waals surface area contributed by atoms with Crippen LogP contribution in [-0.4, -0.2) is 29.8 Å². The van der Waals surface area contributed by atoms with Gasteiger partial charge in [0.25, 0.3) is 0 Å². The number of methoxy groups -OCH3 is 1. The van der Waals surface area contributed by atoms with Gasteiger partial charge in [-0.15, -0.1) is 0 Å². The van der Waals surface area contributed by atoms with Crippen molar-refractivity contribution < 1.29 is 23.5 Å². The highest BCUT2D eigenvalue weighted by Gasteiger charge is 2.47. The summed E-state index contributed by atoms with van der Waals surface area (Å²) < 4.78 is 9.89. The molecule has 21 heavy (non-hydrogen) atoms. The van der Waals surface area contributed by atoms with Gasteiger partial charge >= 0.3 is 5.97 Å². The molecule has 2 amide bonds. The number of carbonyl (C=O) groups excluding carboxylic acids is 3. The van der Waals surface area contributed by atoms with E-state index in [4.69, 9.17) is 4.42 Å². The summed E-state index contributed by atoms with van der Waals surface area (Å²) in [6, 6.07) is 1.47. The summed E-state index contributed by atoms with van der Waals surface area (Å²) in [5.74, 6) is -1.21. The fraction of sp³-hybridized carbons (Fsp3) is 0.400. The van der Waals surface area contributed by atoms with Gasteiger partial charge in [-0.2, -0.15) is 0 Å². The Bertz CT molecular complexity index is 604. The topological polar surface area (TPSA) is 76.8 Å².